The van der Waals surface area contributed by atoms with Gasteiger partial charge in [-0.25, -0.2) is 4.72 Å². The molecule has 1 aliphatic rings. The Morgan fingerprint density at radius 2 is 1.88 bits per heavy atom. The number of nitrogens with one attached hydrogen (secondary N) is 1. The second-order valence-corrected chi connectivity index (χ2v) is 6.76. The predicted molar refractivity (Wildman–Crippen MR) is 67.9 cm³/mol. The van der Waals surface area contributed by atoms with Crippen molar-refractivity contribution in [1.82, 2.24) is 9.03 Å². The fourth-order valence-corrected chi connectivity index (χ4v) is 3.80. The van der Waals surface area contributed by atoms with E-state index in [9.17, 15) is 8.42 Å². The highest BCUT2D eigenvalue weighted by Gasteiger charge is 2.29. The van der Waals surface area contributed by atoms with Crippen molar-refractivity contribution in [3.05, 3.63) is 0 Å². The fraction of sp³-hybridized carbons (Fsp3) is 1.00. The summed E-state index contributed by atoms with van der Waals surface area (Å²) < 4.78 is 33.1. The van der Waals surface area contributed by atoms with Crippen molar-refractivity contribution < 1.29 is 13.2 Å². The molecule has 0 aliphatic carbocycles. The van der Waals surface area contributed by atoms with E-state index in [1.54, 1.807) is 11.4 Å². The summed E-state index contributed by atoms with van der Waals surface area (Å²) in [6.45, 7) is 6.48. The SMILES string of the molecule is COCCCNS(=O)(=O)N1CC(C)CC(C)C1. The lowest BCUT2D eigenvalue weighted by molar-refractivity contribution is 0.194. The summed E-state index contributed by atoms with van der Waals surface area (Å²) in [4.78, 5) is 0. The summed E-state index contributed by atoms with van der Waals surface area (Å²) in [7, 11) is -1.69. The molecule has 0 radical (unpaired) electrons. The van der Waals surface area contributed by atoms with Crippen LogP contribution in [0.15, 0.2) is 0 Å². The number of methoxy groups -OCH3 is 1. The molecule has 1 heterocycles. The highest BCUT2D eigenvalue weighted by atomic mass is 32.2. The monoisotopic (exact) mass is 264 g/mol. The fourth-order valence-electron chi connectivity index (χ4n) is 2.31. The smallest absolute Gasteiger partial charge is 0.279 e. The van der Waals surface area contributed by atoms with Crippen molar-refractivity contribution in [2.75, 3.05) is 33.4 Å². The van der Waals surface area contributed by atoms with Crippen LogP contribution in [0, 0.1) is 11.8 Å². The number of rotatable bonds is 6. The molecule has 17 heavy (non-hydrogen) atoms. The second kappa shape index (κ2) is 6.68. The molecule has 1 N–H and O–H groups in total. The van der Waals surface area contributed by atoms with Gasteiger partial charge in [0.2, 0.25) is 0 Å². The molecule has 1 aliphatic heterocycles. The van der Waals surface area contributed by atoms with Gasteiger partial charge in [-0.05, 0) is 24.7 Å². The summed E-state index contributed by atoms with van der Waals surface area (Å²) in [5.41, 5.74) is 0. The molecule has 0 spiro atoms. The molecule has 0 aromatic carbocycles. The van der Waals surface area contributed by atoms with Gasteiger partial charge in [-0.1, -0.05) is 13.8 Å². The maximum absolute atomic E-state index is 12.0. The zero-order valence-corrected chi connectivity index (χ0v) is 11.8. The molecule has 1 saturated heterocycles. The van der Waals surface area contributed by atoms with Crippen molar-refractivity contribution in [2.24, 2.45) is 11.8 Å². The number of piperidine rings is 1. The molecule has 0 saturated carbocycles. The Balaban J connectivity index is 2.45. The van der Waals surface area contributed by atoms with E-state index >= 15 is 0 Å². The normalized spacial score (nSPS) is 27.2. The first-order chi connectivity index (χ1) is 7.95. The molecule has 2 atom stereocenters. The number of ether oxygens (including phenoxy) is 1. The van der Waals surface area contributed by atoms with Crippen molar-refractivity contribution in [1.29, 1.82) is 0 Å². The van der Waals surface area contributed by atoms with Crippen LogP contribution in [0.5, 0.6) is 0 Å². The zero-order chi connectivity index (χ0) is 12.9. The Hall–Kier alpha value is -0.170. The van der Waals surface area contributed by atoms with Gasteiger partial charge in [0.15, 0.2) is 0 Å². The first kappa shape index (κ1) is 14.9. The van der Waals surface area contributed by atoms with E-state index < -0.39 is 10.2 Å². The van der Waals surface area contributed by atoms with Gasteiger partial charge in [-0.2, -0.15) is 12.7 Å². The van der Waals surface area contributed by atoms with Crippen LogP contribution < -0.4 is 4.72 Å². The largest absolute Gasteiger partial charge is 0.385 e. The number of nitrogens with zero attached hydrogens (tertiary/aromatic N) is 1. The van der Waals surface area contributed by atoms with Crippen LogP contribution in [-0.2, 0) is 14.9 Å². The summed E-state index contributed by atoms with van der Waals surface area (Å²) in [5, 5.41) is 0. The average Bonchev–Trinajstić information content (AvgIpc) is 2.23. The summed E-state index contributed by atoms with van der Waals surface area (Å²) >= 11 is 0. The van der Waals surface area contributed by atoms with Crippen molar-refractivity contribution in [3.8, 4) is 0 Å². The van der Waals surface area contributed by atoms with Crippen molar-refractivity contribution >= 4 is 10.2 Å². The Morgan fingerprint density at radius 1 is 1.29 bits per heavy atom. The molecular formula is C11H24N2O3S. The van der Waals surface area contributed by atoms with Gasteiger partial charge >= 0.3 is 0 Å². The molecule has 102 valence electrons. The minimum atomic E-state index is -3.30. The van der Waals surface area contributed by atoms with E-state index in [0.29, 0.717) is 44.5 Å². The topological polar surface area (TPSA) is 58.6 Å². The third-order valence-corrected chi connectivity index (χ3v) is 4.53. The highest BCUT2D eigenvalue weighted by Crippen LogP contribution is 2.22. The quantitative estimate of drug-likeness (QED) is 0.723. The van der Waals surface area contributed by atoms with Crippen LogP contribution in [0.1, 0.15) is 26.7 Å². The highest BCUT2D eigenvalue weighted by molar-refractivity contribution is 7.87. The predicted octanol–water partition coefficient (Wildman–Crippen LogP) is 0.835. The zero-order valence-electron chi connectivity index (χ0n) is 11.0. The Kier molecular flexibility index (Phi) is 5.85. The van der Waals surface area contributed by atoms with Gasteiger partial charge in [0.25, 0.3) is 10.2 Å². The molecule has 5 nitrogen and oxygen atoms in total. The van der Waals surface area contributed by atoms with Gasteiger partial charge in [-0.3, -0.25) is 0 Å². The van der Waals surface area contributed by atoms with Gasteiger partial charge in [-0.15, -0.1) is 0 Å². The molecule has 0 aromatic rings. The van der Waals surface area contributed by atoms with Crippen LogP contribution in [-0.4, -0.2) is 46.1 Å². The lowest BCUT2D eigenvalue weighted by atomic mass is 9.94. The van der Waals surface area contributed by atoms with Crippen LogP contribution in [0.3, 0.4) is 0 Å². The third-order valence-electron chi connectivity index (χ3n) is 2.98. The summed E-state index contributed by atoms with van der Waals surface area (Å²) in [5.74, 6) is 0.878. The summed E-state index contributed by atoms with van der Waals surface area (Å²) in [6, 6.07) is 0. The third kappa shape index (κ3) is 4.91. The molecule has 0 amide bonds. The van der Waals surface area contributed by atoms with E-state index in [-0.39, 0.29) is 0 Å². The number of hydrogen-bond acceptors (Lipinski definition) is 3. The first-order valence-corrected chi connectivity index (χ1v) is 7.63. The van der Waals surface area contributed by atoms with Crippen LogP contribution in [0.4, 0.5) is 0 Å². The number of hydrogen-bond donors (Lipinski definition) is 1. The van der Waals surface area contributed by atoms with Crippen molar-refractivity contribution in [2.45, 2.75) is 26.7 Å². The summed E-state index contributed by atoms with van der Waals surface area (Å²) in [6.07, 6.45) is 1.81. The van der Waals surface area contributed by atoms with Gasteiger partial charge < -0.3 is 4.74 Å². The average molecular weight is 264 g/mol. The Labute approximate surface area is 105 Å². The first-order valence-electron chi connectivity index (χ1n) is 6.19. The molecule has 0 bridgehead atoms. The van der Waals surface area contributed by atoms with E-state index in [4.69, 9.17) is 4.74 Å². The molecule has 2 unspecified atom stereocenters. The molecule has 1 rings (SSSR count). The van der Waals surface area contributed by atoms with Gasteiger partial charge in [0.05, 0.1) is 0 Å². The lowest BCUT2D eigenvalue weighted by Crippen LogP contribution is -2.48. The molecule has 6 heteroatoms. The molecule has 0 aromatic heterocycles. The van der Waals surface area contributed by atoms with E-state index in [2.05, 4.69) is 18.6 Å². The molecular weight excluding hydrogens is 240 g/mol. The Bertz CT molecular complexity index is 309. The maximum Gasteiger partial charge on any atom is 0.279 e. The molecule has 1 fully saturated rings. The van der Waals surface area contributed by atoms with Crippen molar-refractivity contribution in [3.63, 3.8) is 0 Å². The van der Waals surface area contributed by atoms with E-state index in [1.807, 2.05) is 0 Å². The lowest BCUT2D eigenvalue weighted by Gasteiger charge is -2.33. The maximum atomic E-state index is 12.0. The minimum Gasteiger partial charge on any atom is -0.385 e. The minimum absolute atomic E-state index is 0.439. The Morgan fingerprint density at radius 3 is 2.41 bits per heavy atom. The van der Waals surface area contributed by atoms with E-state index in [0.717, 1.165) is 6.42 Å². The van der Waals surface area contributed by atoms with E-state index in [1.165, 1.54) is 0 Å². The van der Waals surface area contributed by atoms with Crippen LogP contribution in [0.25, 0.3) is 0 Å². The van der Waals surface area contributed by atoms with Crippen LogP contribution in [0.2, 0.25) is 0 Å². The van der Waals surface area contributed by atoms with Gasteiger partial charge in [0, 0.05) is 33.4 Å². The van der Waals surface area contributed by atoms with Gasteiger partial charge in [0.1, 0.15) is 0 Å². The van der Waals surface area contributed by atoms with Crippen LogP contribution >= 0.6 is 0 Å². The second-order valence-electron chi connectivity index (χ2n) is 5.01. The standard InChI is InChI=1S/C11H24N2O3S/c1-10-7-11(2)9-13(8-10)17(14,15)12-5-4-6-16-3/h10-12H,4-9H2,1-3H3.